The van der Waals surface area contributed by atoms with Crippen molar-refractivity contribution in [3.8, 4) is 0 Å². The van der Waals surface area contributed by atoms with Gasteiger partial charge in [0, 0.05) is 17.9 Å². The van der Waals surface area contributed by atoms with Crippen LogP contribution in [0.4, 0.5) is 5.69 Å². The van der Waals surface area contributed by atoms with E-state index in [9.17, 15) is 9.59 Å². The number of imidazole rings is 1. The lowest BCUT2D eigenvalue weighted by atomic mass is 10.3. The van der Waals surface area contributed by atoms with Gasteiger partial charge in [0.15, 0.2) is 5.69 Å². The molecule has 2 N–H and O–H groups in total. The summed E-state index contributed by atoms with van der Waals surface area (Å²) in [5, 5.41) is 6.22. The van der Waals surface area contributed by atoms with Crippen molar-refractivity contribution in [2.24, 2.45) is 0 Å². The second-order valence-electron chi connectivity index (χ2n) is 5.95. The fourth-order valence-electron chi connectivity index (χ4n) is 2.46. The topological polar surface area (TPSA) is 75.5 Å². The van der Waals surface area contributed by atoms with E-state index < -0.39 is 5.91 Å². The third-order valence-electron chi connectivity index (χ3n) is 3.56. The van der Waals surface area contributed by atoms with Crippen LogP contribution in [-0.2, 0) is 0 Å². The summed E-state index contributed by atoms with van der Waals surface area (Å²) in [6.45, 7) is 3.71. The second kappa shape index (κ2) is 7.35. The lowest BCUT2D eigenvalue weighted by Gasteiger charge is -2.06. The molecule has 6 nitrogen and oxygen atoms in total. The molecule has 26 heavy (non-hydrogen) atoms. The van der Waals surface area contributed by atoms with Crippen LogP contribution in [0.25, 0.3) is 5.52 Å². The predicted molar refractivity (Wildman–Crippen MR) is 102 cm³/mol. The first-order chi connectivity index (χ1) is 12.4. The van der Waals surface area contributed by atoms with Crippen LogP contribution >= 0.6 is 23.2 Å². The number of fused-ring (bicyclic) bond motifs is 1. The van der Waals surface area contributed by atoms with Gasteiger partial charge in [0.2, 0.25) is 5.82 Å². The molecule has 0 saturated carbocycles. The summed E-state index contributed by atoms with van der Waals surface area (Å²) in [5.41, 5.74) is 1.22. The normalized spacial score (nSPS) is 11.0. The number of aromatic nitrogens is 2. The first-order valence-corrected chi connectivity index (χ1v) is 8.66. The molecule has 3 aromatic rings. The number of hydrogen-bond acceptors (Lipinski definition) is 3. The van der Waals surface area contributed by atoms with Crippen molar-refractivity contribution in [2.75, 3.05) is 5.32 Å². The Morgan fingerprint density at radius 2 is 1.85 bits per heavy atom. The summed E-state index contributed by atoms with van der Waals surface area (Å²) >= 11 is 11.9. The summed E-state index contributed by atoms with van der Waals surface area (Å²) in [4.78, 5) is 29.3. The Hall–Kier alpha value is -2.57. The molecule has 0 aliphatic rings. The van der Waals surface area contributed by atoms with E-state index in [-0.39, 0.29) is 23.5 Å². The van der Waals surface area contributed by atoms with E-state index in [1.54, 1.807) is 47.0 Å². The van der Waals surface area contributed by atoms with Crippen molar-refractivity contribution in [3.05, 3.63) is 64.2 Å². The largest absolute Gasteiger partial charge is 0.348 e. The number of pyridine rings is 1. The summed E-state index contributed by atoms with van der Waals surface area (Å²) in [7, 11) is 0. The van der Waals surface area contributed by atoms with Crippen molar-refractivity contribution in [3.63, 3.8) is 0 Å². The molecule has 0 atom stereocenters. The number of rotatable bonds is 4. The van der Waals surface area contributed by atoms with Crippen LogP contribution in [0.3, 0.4) is 0 Å². The highest BCUT2D eigenvalue weighted by Crippen LogP contribution is 2.25. The molecular formula is C18H16Cl2N4O2. The van der Waals surface area contributed by atoms with Gasteiger partial charge in [-0.3, -0.25) is 14.0 Å². The van der Waals surface area contributed by atoms with Gasteiger partial charge in [-0.1, -0.05) is 29.3 Å². The van der Waals surface area contributed by atoms with Gasteiger partial charge >= 0.3 is 0 Å². The van der Waals surface area contributed by atoms with Crippen molar-refractivity contribution in [2.45, 2.75) is 19.9 Å². The van der Waals surface area contributed by atoms with Crippen LogP contribution in [0.2, 0.25) is 10.0 Å². The molecule has 3 rings (SSSR count). The van der Waals surface area contributed by atoms with Gasteiger partial charge in [-0.2, -0.15) is 0 Å². The zero-order valence-electron chi connectivity index (χ0n) is 14.1. The highest BCUT2D eigenvalue weighted by atomic mass is 35.5. The fourth-order valence-corrected chi connectivity index (χ4v) is 2.75. The number of nitrogens with zero attached hydrogens (tertiary/aromatic N) is 2. The van der Waals surface area contributed by atoms with Gasteiger partial charge in [0.05, 0.1) is 15.6 Å². The molecule has 0 aliphatic carbocycles. The standard InChI is InChI=1S/C18H16Cl2N4O2/c1-10(2)21-17(25)15-14-5-3-4-8-24(14)16(23-15)18(26)22-11-6-7-12(19)13(20)9-11/h3-10H,1-2H3,(H,21,25)(H,22,26). The SMILES string of the molecule is CC(C)NC(=O)c1nc(C(=O)Nc2ccc(Cl)c(Cl)c2)n2ccccc12. The maximum Gasteiger partial charge on any atom is 0.292 e. The molecule has 0 radical (unpaired) electrons. The summed E-state index contributed by atoms with van der Waals surface area (Å²) < 4.78 is 1.57. The highest BCUT2D eigenvalue weighted by Gasteiger charge is 2.22. The fraction of sp³-hybridized carbons (Fsp3) is 0.167. The molecule has 2 aromatic heterocycles. The van der Waals surface area contributed by atoms with Crippen LogP contribution in [0.5, 0.6) is 0 Å². The van der Waals surface area contributed by atoms with Crippen LogP contribution in [0, 0.1) is 0 Å². The third kappa shape index (κ3) is 3.66. The van der Waals surface area contributed by atoms with E-state index in [1.807, 2.05) is 13.8 Å². The average molecular weight is 391 g/mol. The second-order valence-corrected chi connectivity index (χ2v) is 6.77. The minimum atomic E-state index is -0.465. The van der Waals surface area contributed by atoms with Gasteiger partial charge in [-0.05, 0) is 44.2 Å². The number of hydrogen-bond donors (Lipinski definition) is 2. The molecule has 0 unspecified atom stereocenters. The lowest BCUT2D eigenvalue weighted by Crippen LogP contribution is -2.30. The molecule has 8 heteroatoms. The maximum absolute atomic E-state index is 12.7. The Balaban J connectivity index is 1.97. The zero-order chi connectivity index (χ0) is 18.8. The first-order valence-electron chi connectivity index (χ1n) is 7.91. The van der Waals surface area contributed by atoms with Crippen molar-refractivity contribution in [1.82, 2.24) is 14.7 Å². The number of anilines is 1. The minimum Gasteiger partial charge on any atom is -0.348 e. The van der Waals surface area contributed by atoms with E-state index >= 15 is 0 Å². The van der Waals surface area contributed by atoms with E-state index in [0.717, 1.165) is 0 Å². The van der Waals surface area contributed by atoms with Gasteiger partial charge < -0.3 is 10.6 Å². The summed E-state index contributed by atoms with van der Waals surface area (Å²) in [6, 6.07) is 10.00. The molecule has 0 fully saturated rings. The number of halogens is 2. The van der Waals surface area contributed by atoms with Crippen LogP contribution in [0.1, 0.15) is 35.0 Å². The van der Waals surface area contributed by atoms with Gasteiger partial charge in [0.25, 0.3) is 11.8 Å². The zero-order valence-corrected chi connectivity index (χ0v) is 15.6. The molecule has 134 valence electrons. The van der Waals surface area contributed by atoms with E-state index in [0.29, 0.717) is 21.2 Å². The Morgan fingerprint density at radius 1 is 1.08 bits per heavy atom. The smallest absolute Gasteiger partial charge is 0.292 e. The number of nitrogens with one attached hydrogen (secondary N) is 2. The lowest BCUT2D eigenvalue weighted by molar-refractivity contribution is 0.0940. The van der Waals surface area contributed by atoms with Gasteiger partial charge in [0.1, 0.15) is 0 Å². The average Bonchev–Trinajstić information content (AvgIpc) is 2.97. The van der Waals surface area contributed by atoms with Crippen LogP contribution in [0.15, 0.2) is 42.6 Å². The number of carbonyl (C=O) groups excluding carboxylic acids is 2. The van der Waals surface area contributed by atoms with Crippen molar-refractivity contribution >= 4 is 46.2 Å². The van der Waals surface area contributed by atoms with Crippen molar-refractivity contribution in [1.29, 1.82) is 0 Å². The van der Waals surface area contributed by atoms with Crippen molar-refractivity contribution < 1.29 is 9.59 Å². The molecule has 1 aromatic carbocycles. The molecule has 2 amide bonds. The number of amides is 2. The van der Waals surface area contributed by atoms with Crippen LogP contribution < -0.4 is 10.6 Å². The third-order valence-corrected chi connectivity index (χ3v) is 4.30. The Morgan fingerprint density at radius 3 is 2.54 bits per heavy atom. The quantitative estimate of drug-likeness (QED) is 0.705. The highest BCUT2D eigenvalue weighted by molar-refractivity contribution is 6.42. The number of benzene rings is 1. The Bertz CT molecular complexity index is 998. The summed E-state index contributed by atoms with van der Waals surface area (Å²) in [5.74, 6) is -0.703. The molecular weight excluding hydrogens is 375 g/mol. The molecule has 0 saturated heterocycles. The van der Waals surface area contributed by atoms with Gasteiger partial charge in [-0.25, -0.2) is 4.98 Å². The predicted octanol–water partition coefficient (Wildman–Crippen LogP) is 4.03. The maximum atomic E-state index is 12.7. The molecule has 0 aliphatic heterocycles. The van der Waals surface area contributed by atoms with E-state index in [1.165, 1.54) is 0 Å². The number of carbonyl (C=O) groups is 2. The van der Waals surface area contributed by atoms with Crippen LogP contribution in [-0.4, -0.2) is 27.2 Å². The van der Waals surface area contributed by atoms with Gasteiger partial charge in [-0.15, -0.1) is 0 Å². The first kappa shape index (κ1) is 18.2. The van der Waals surface area contributed by atoms with E-state index in [4.69, 9.17) is 23.2 Å². The van der Waals surface area contributed by atoms with E-state index in [2.05, 4.69) is 15.6 Å². The Kier molecular flexibility index (Phi) is 5.15. The molecule has 2 heterocycles. The molecule has 0 spiro atoms. The molecule has 0 bridgehead atoms. The minimum absolute atomic E-state index is 0.0450. The summed E-state index contributed by atoms with van der Waals surface area (Å²) in [6.07, 6.45) is 1.68. The Labute approximate surface area is 160 Å². The monoisotopic (exact) mass is 390 g/mol.